The van der Waals surface area contributed by atoms with Crippen molar-refractivity contribution >= 4 is 24.6 Å². The monoisotopic (exact) mass is 313 g/mol. The van der Waals surface area contributed by atoms with Crippen LogP contribution in [-0.2, 0) is 9.30 Å². The normalized spacial score (nSPS) is 23.0. The van der Waals surface area contributed by atoms with Gasteiger partial charge in [0.1, 0.15) is 18.2 Å². The highest BCUT2D eigenvalue weighted by molar-refractivity contribution is 7.51. The van der Waals surface area contributed by atoms with Gasteiger partial charge in [-0.25, -0.2) is 15.0 Å². The van der Waals surface area contributed by atoms with Crippen LogP contribution in [0.2, 0.25) is 0 Å². The largest absolute Gasteiger partial charge is 0.382 e. The predicted molar refractivity (Wildman–Crippen MR) is 74.4 cm³/mol. The Morgan fingerprint density at radius 1 is 1.38 bits per heavy atom. The van der Waals surface area contributed by atoms with E-state index < -0.39 is 13.9 Å². The molecule has 0 saturated heterocycles. The van der Waals surface area contributed by atoms with Gasteiger partial charge in [-0.1, -0.05) is 0 Å². The Morgan fingerprint density at radius 2 is 2.19 bits per heavy atom. The van der Waals surface area contributed by atoms with Crippen molar-refractivity contribution < 1.29 is 19.1 Å². The molecule has 0 unspecified atom stereocenters. The molecule has 0 aromatic carbocycles. The molecule has 3 rings (SSSR count). The molecule has 2 atom stereocenters. The molecule has 0 spiro atoms. The molecule has 0 amide bonds. The Labute approximate surface area is 120 Å². The van der Waals surface area contributed by atoms with Gasteiger partial charge in [0.2, 0.25) is 0 Å². The van der Waals surface area contributed by atoms with E-state index in [0.717, 1.165) is 12.8 Å². The fourth-order valence-electron chi connectivity index (χ4n) is 2.66. The molecule has 9 nitrogen and oxygen atoms in total. The second-order valence-electron chi connectivity index (χ2n) is 5.13. The summed E-state index contributed by atoms with van der Waals surface area (Å²) in [5, 5.41) is 0. The molecule has 2 heterocycles. The van der Waals surface area contributed by atoms with E-state index in [-0.39, 0.29) is 12.1 Å². The van der Waals surface area contributed by atoms with Crippen LogP contribution >= 0.6 is 7.60 Å². The summed E-state index contributed by atoms with van der Waals surface area (Å²) in [5.41, 5.74) is 6.99. The van der Waals surface area contributed by atoms with Gasteiger partial charge >= 0.3 is 7.60 Å². The third-order valence-electron chi connectivity index (χ3n) is 3.62. The molecule has 2 aromatic heterocycles. The molecular weight excluding hydrogens is 297 g/mol. The van der Waals surface area contributed by atoms with Gasteiger partial charge in [-0.2, -0.15) is 0 Å². The average Bonchev–Trinajstić information content (AvgIpc) is 3.02. The van der Waals surface area contributed by atoms with E-state index in [9.17, 15) is 4.57 Å². The van der Waals surface area contributed by atoms with Crippen LogP contribution in [0.15, 0.2) is 12.7 Å². The van der Waals surface area contributed by atoms with Crippen molar-refractivity contribution in [1.82, 2.24) is 19.5 Å². The third-order valence-corrected chi connectivity index (χ3v) is 4.10. The van der Waals surface area contributed by atoms with Crippen LogP contribution in [0.5, 0.6) is 0 Å². The summed E-state index contributed by atoms with van der Waals surface area (Å²) in [6.07, 6.45) is 4.60. The number of hydrogen-bond acceptors (Lipinski definition) is 6. The maximum Gasteiger partial charge on any atom is 0.350 e. The van der Waals surface area contributed by atoms with Crippen molar-refractivity contribution in [3.63, 3.8) is 0 Å². The lowest BCUT2D eigenvalue weighted by atomic mass is 10.2. The van der Waals surface area contributed by atoms with Crippen LogP contribution in [0.25, 0.3) is 11.2 Å². The number of nitrogens with zero attached hydrogens (tertiary/aromatic N) is 4. The van der Waals surface area contributed by atoms with Gasteiger partial charge in [0.15, 0.2) is 11.5 Å². The lowest BCUT2D eigenvalue weighted by Gasteiger charge is -2.14. The number of aromatic nitrogens is 4. The Kier molecular flexibility index (Phi) is 3.66. The number of imidazole rings is 1. The molecule has 1 saturated carbocycles. The van der Waals surface area contributed by atoms with Crippen LogP contribution in [-0.4, -0.2) is 41.8 Å². The molecule has 0 aliphatic heterocycles. The van der Waals surface area contributed by atoms with Crippen molar-refractivity contribution in [2.75, 3.05) is 12.1 Å². The first-order valence-electron chi connectivity index (χ1n) is 6.53. The maximum absolute atomic E-state index is 10.8. The Hall–Kier alpha value is -1.54. The highest BCUT2D eigenvalue weighted by atomic mass is 31.2. The zero-order chi connectivity index (χ0) is 15.0. The minimum atomic E-state index is -4.12. The summed E-state index contributed by atoms with van der Waals surface area (Å²) in [7, 11) is -4.12. The third kappa shape index (κ3) is 3.06. The summed E-state index contributed by atoms with van der Waals surface area (Å²) in [5.74, 6) is 0.339. The van der Waals surface area contributed by atoms with Gasteiger partial charge in [0.25, 0.3) is 0 Å². The number of fused-ring (bicyclic) bond motifs is 1. The average molecular weight is 313 g/mol. The lowest BCUT2D eigenvalue weighted by Crippen LogP contribution is -2.11. The van der Waals surface area contributed by atoms with E-state index in [1.165, 1.54) is 6.33 Å². The summed E-state index contributed by atoms with van der Waals surface area (Å²) in [4.78, 5) is 30.0. The minimum Gasteiger partial charge on any atom is -0.382 e. The van der Waals surface area contributed by atoms with Gasteiger partial charge in [-0.3, -0.25) is 4.57 Å². The number of anilines is 1. The zero-order valence-corrected chi connectivity index (χ0v) is 12.1. The SMILES string of the molecule is Nc1ncnc2c1ncn2[C@H]1CC[C@@H](OCP(=O)(O)O)C1. The topological polar surface area (TPSA) is 136 Å². The van der Waals surface area contributed by atoms with Crippen molar-refractivity contribution in [2.45, 2.75) is 31.4 Å². The maximum atomic E-state index is 10.8. The second-order valence-corrected chi connectivity index (χ2v) is 6.72. The van der Waals surface area contributed by atoms with Crippen molar-refractivity contribution in [3.05, 3.63) is 12.7 Å². The number of nitrogens with two attached hydrogens (primary N) is 1. The van der Waals surface area contributed by atoms with Crippen LogP contribution in [0.1, 0.15) is 25.3 Å². The Bertz CT molecular complexity index is 699. The smallest absolute Gasteiger partial charge is 0.350 e. The molecule has 1 fully saturated rings. The molecule has 0 radical (unpaired) electrons. The summed E-state index contributed by atoms with van der Waals surface area (Å²) < 4.78 is 18.0. The number of hydrogen-bond donors (Lipinski definition) is 3. The van der Waals surface area contributed by atoms with E-state index in [4.69, 9.17) is 20.3 Å². The van der Waals surface area contributed by atoms with Crippen molar-refractivity contribution in [1.29, 1.82) is 0 Å². The lowest BCUT2D eigenvalue weighted by molar-refractivity contribution is 0.0777. The second kappa shape index (κ2) is 5.34. The van der Waals surface area contributed by atoms with E-state index in [2.05, 4.69) is 15.0 Å². The molecule has 0 bridgehead atoms. The summed E-state index contributed by atoms with van der Waals surface area (Å²) in [6.45, 7) is 0. The molecule has 114 valence electrons. The van der Waals surface area contributed by atoms with E-state index in [0.29, 0.717) is 23.4 Å². The van der Waals surface area contributed by atoms with Crippen LogP contribution in [0, 0.1) is 0 Å². The molecule has 21 heavy (non-hydrogen) atoms. The van der Waals surface area contributed by atoms with Crippen LogP contribution < -0.4 is 5.73 Å². The highest BCUT2D eigenvalue weighted by Crippen LogP contribution is 2.39. The van der Waals surface area contributed by atoms with Crippen LogP contribution in [0.3, 0.4) is 0 Å². The fourth-order valence-corrected chi connectivity index (χ4v) is 3.07. The first-order valence-corrected chi connectivity index (χ1v) is 8.33. The van der Waals surface area contributed by atoms with Gasteiger partial charge in [0, 0.05) is 6.04 Å². The molecule has 2 aromatic rings. The summed E-state index contributed by atoms with van der Waals surface area (Å²) in [6, 6.07) is 0.131. The Balaban J connectivity index is 1.73. The summed E-state index contributed by atoms with van der Waals surface area (Å²) >= 11 is 0. The van der Waals surface area contributed by atoms with E-state index in [1.54, 1.807) is 6.33 Å². The standard InChI is InChI=1S/C11H16N5O4P/c12-10-9-11(14-4-13-10)16(5-15-9)7-1-2-8(3-7)20-6-21(17,18)19/h4-5,7-8H,1-3,6H2,(H2,12,13,14)(H2,17,18,19)/t7-,8+/m0/s1. The number of rotatable bonds is 4. The van der Waals surface area contributed by atoms with E-state index in [1.807, 2.05) is 4.57 Å². The first-order chi connectivity index (χ1) is 9.94. The van der Waals surface area contributed by atoms with Gasteiger partial charge < -0.3 is 24.8 Å². The van der Waals surface area contributed by atoms with Gasteiger partial charge in [0.05, 0.1) is 12.4 Å². The van der Waals surface area contributed by atoms with Gasteiger partial charge in [-0.05, 0) is 19.3 Å². The number of ether oxygens (including phenoxy) is 1. The Morgan fingerprint density at radius 3 is 2.95 bits per heavy atom. The fraction of sp³-hybridized carbons (Fsp3) is 0.545. The van der Waals surface area contributed by atoms with Crippen LogP contribution in [0.4, 0.5) is 5.82 Å². The number of nitrogen functional groups attached to an aromatic ring is 1. The molecule has 4 N–H and O–H groups in total. The molecule has 10 heteroatoms. The van der Waals surface area contributed by atoms with Crippen molar-refractivity contribution in [3.8, 4) is 0 Å². The minimum absolute atomic E-state index is 0.131. The van der Waals surface area contributed by atoms with E-state index >= 15 is 0 Å². The quantitative estimate of drug-likeness (QED) is 0.700. The molecular formula is C11H16N5O4P. The predicted octanol–water partition coefficient (Wildman–Crippen LogP) is 0.654. The molecule has 1 aliphatic carbocycles. The first kappa shape index (κ1) is 14.4. The molecule has 1 aliphatic rings. The van der Waals surface area contributed by atoms with Crippen molar-refractivity contribution in [2.24, 2.45) is 0 Å². The zero-order valence-electron chi connectivity index (χ0n) is 11.2. The highest BCUT2D eigenvalue weighted by Gasteiger charge is 2.29. The van der Waals surface area contributed by atoms with Gasteiger partial charge in [-0.15, -0.1) is 0 Å².